The van der Waals surface area contributed by atoms with Crippen LogP contribution in [0.15, 0.2) is 42.6 Å². The van der Waals surface area contributed by atoms with Gasteiger partial charge in [-0.15, -0.1) is 0 Å². The van der Waals surface area contributed by atoms with Crippen LogP contribution in [0.5, 0.6) is 5.75 Å². The Hall–Kier alpha value is -3.67. The Balaban J connectivity index is 1.63. The molecule has 1 aliphatic heterocycles. The summed E-state index contributed by atoms with van der Waals surface area (Å²) in [5, 5.41) is 9.24. The number of ether oxygens (including phenoxy) is 1. The predicted molar refractivity (Wildman–Crippen MR) is 102 cm³/mol. The highest BCUT2D eigenvalue weighted by Crippen LogP contribution is 2.33. The van der Waals surface area contributed by atoms with E-state index in [1.54, 1.807) is 30.5 Å². The minimum Gasteiger partial charge on any atom is -0.484 e. The lowest BCUT2D eigenvalue weighted by Crippen LogP contribution is -2.54. The maximum Gasteiger partial charge on any atom is 0.203 e. The smallest absolute Gasteiger partial charge is 0.203 e. The van der Waals surface area contributed by atoms with Crippen LogP contribution in [0.4, 0.5) is 19.0 Å². The average molecular weight is 411 g/mol. The standard InChI is InChI=1S/C21H16F3N5O/c1-21(10-25)11-29(12-21)17-8-13(27-20(28-17)15-4-2-3-7-26-15)9-30-16-6-5-14(22)18(23)19(16)24/h2-8H,9,11-12H2,1H3. The summed E-state index contributed by atoms with van der Waals surface area (Å²) in [7, 11) is 0. The highest BCUT2D eigenvalue weighted by Gasteiger charge is 2.40. The number of benzene rings is 1. The Kier molecular flexibility index (Phi) is 4.99. The van der Waals surface area contributed by atoms with Crippen molar-refractivity contribution in [2.75, 3.05) is 18.0 Å². The molecule has 0 amide bonds. The second kappa shape index (κ2) is 7.63. The molecule has 1 saturated heterocycles. The summed E-state index contributed by atoms with van der Waals surface area (Å²) in [6, 6.07) is 11.0. The fourth-order valence-electron chi connectivity index (χ4n) is 3.13. The molecule has 152 valence electrons. The number of pyridine rings is 1. The van der Waals surface area contributed by atoms with Crippen LogP contribution in [0.25, 0.3) is 11.5 Å². The SMILES string of the molecule is CC1(C#N)CN(c2cc(COc3ccc(F)c(F)c3F)nc(-c3ccccn3)n2)C1. The molecule has 0 atom stereocenters. The number of anilines is 1. The average Bonchev–Trinajstić information content (AvgIpc) is 2.75. The third-order valence-electron chi connectivity index (χ3n) is 4.71. The summed E-state index contributed by atoms with van der Waals surface area (Å²) in [4.78, 5) is 15.1. The van der Waals surface area contributed by atoms with Gasteiger partial charge in [-0.2, -0.15) is 9.65 Å². The van der Waals surface area contributed by atoms with Crippen molar-refractivity contribution < 1.29 is 17.9 Å². The molecule has 2 aromatic heterocycles. The molecule has 1 fully saturated rings. The molecule has 0 saturated carbocycles. The lowest BCUT2D eigenvalue weighted by atomic mass is 9.84. The highest BCUT2D eigenvalue weighted by atomic mass is 19.2. The van der Waals surface area contributed by atoms with Gasteiger partial charge in [0.05, 0.1) is 17.2 Å². The summed E-state index contributed by atoms with van der Waals surface area (Å²) in [5.41, 5.74) is 0.472. The molecule has 0 unspecified atom stereocenters. The van der Waals surface area contributed by atoms with Crippen molar-refractivity contribution in [3.63, 3.8) is 0 Å². The van der Waals surface area contributed by atoms with Crippen molar-refractivity contribution in [2.24, 2.45) is 5.41 Å². The summed E-state index contributed by atoms with van der Waals surface area (Å²) in [6.07, 6.45) is 1.61. The number of aromatic nitrogens is 3. The molecular formula is C21H16F3N5O. The van der Waals surface area contributed by atoms with E-state index in [0.717, 1.165) is 12.1 Å². The summed E-state index contributed by atoms with van der Waals surface area (Å²) in [5.74, 6) is -3.80. The first-order chi connectivity index (χ1) is 14.4. The number of rotatable bonds is 5. The normalized spacial score (nSPS) is 14.7. The van der Waals surface area contributed by atoms with Gasteiger partial charge < -0.3 is 9.64 Å². The number of hydrogen-bond donors (Lipinski definition) is 0. The molecular weight excluding hydrogens is 395 g/mol. The van der Waals surface area contributed by atoms with Crippen LogP contribution < -0.4 is 9.64 Å². The van der Waals surface area contributed by atoms with Crippen LogP contribution in [0.1, 0.15) is 12.6 Å². The van der Waals surface area contributed by atoms with E-state index in [4.69, 9.17) is 4.74 Å². The zero-order valence-electron chi connectivity index (χ0n) is 15.9. The third-order valence-corrected chi connectivity index (χ3v) is 4.71. The zero-order chi connectivity index (χ0) is 21.3. The quantitative estimate of drug-likeness (QED) is 0.593. The summed E-state index contributed by atoms with van der Waals surface area (Å²) < 4.78 is 45.8. The maximum atomic E-state index is 13.9. The van der Waals surface area contributed by atoms with Crippen molar-refractivity contribution in [2.45, 2.75) is 13.5 Å². The van der Waals surface area contributed by atoms with E-state index in [1.807, 2.05) is 11.8 Å². The molecule has 9 heteroatoms. The van der Waals surface area contributed by atoms with Crippen molar-refractivity contribution in [3.05, 3.63) is 65.7 Å². The molecule has 0 N–H and O–H groups in total. The van der Waals surface area contributed by atoms with Crippen LogP contribution in [-0.4, -0.2) is 28.0 Å². The van der Waals surface area contributed by atoms with Gasteiger partial charge in [-0.25, -0.2) is 18.7 Å². The first-order valence-corrected chi connectivity index (χ1v) is 9.10. The Labute approximate surface area is 170 Å². The van der Waals surface area contributed by atoms with E-state index >= 15 is 0 Å². The van der Waals surface area contributed by atoms with Gasteiger partial charge in [0.2, 0.25) is 5.82 Å². The number of nitrogens with zero attached hydrogens (tertiary/aromatic N) is 5. The minimum absolute atomic E-state index is 0.194. The lowest BCUT2D eigenvalue weighted by molar-refractivity contribution is 0.277. The molecule has 0 bridgehead atoms. The molecule has 1 aliphatic rings. The van der Waals surface area contributed by atoms with Crippen molar-refractivity contribution in [1.82, 2.24) is 15.0 Å². The van der Waals surface area contributed by atoms with E-state index in [0.29, 0.717) is 36.1 Å². The molecule has 3 aromatic rings. The lowest BCUT2D eigenvalue weighted by Gasteiger charge is -2.44. The Morgan fingerprint density at radius 1 is 1.13 bits per heavy atom. The van der Waals surface area contributed by atoms with Crippen molar-refractivity contribution >= 4 is 5.82 Å². The molecule has 0 spiro atoms. The Morgan fingerprint density at radius 3 is 2.63 bits per heavy atom. The first kappa shape index (κ1) is 19.6. The monoisotopic (exact) mass is 411 g/mol. The van der Waals surface area contributed by atoms with E-state index in [1.165, 1.54) is 0 Å². The topological polar surface area (TPSA) is 74.9 Å². The van der Waals surface area contributed by atoms with Gasteiger partial charge in [0.25, 0.3) is 0 Å². The van der Waals surface area contributed by atoms with Gasteiger partial charge in [-0.05, 0) is 31.2 Å². The van der Waals surface area contributed by atoms with Gasteiger partial charge in [-0.3, -0.25) is 4.98 Å². The largest absolute Gasteiger partial charge is 0.484 e. The van der Waals surface area contributed by atoms with E-state index in [-0.39, 0.29) is 6.61 Å². The molecule has 0 radical (unpaired) electrons. The van der Waals surface area contributed by atoms with Gasteiger partial charge >= 0.3 is 0 Å². The highest BCUT2D eigenvalue weighted by molar-refractivity contribution is 5.55. The van der Waals surface area contributed by atoms with E-state index < -0.39 is 28.6 Å². The molecule has 6 nitrogen and oxygen atoms in total. The second-order valence-corrected chi connectivity index (χ2v) is 7.25. The second-order valence-electron chi connectivity index (χ2n) is 7.25. The van der Waals surface area contributed by atoms with Gasteiger partial charge in [0.15, 0.2) is 23.2 Å². The van der Waals surface area contributed by atoms with Gasteiger partial charge in [0, 0.05) is 25.4 Å². The van der Waals surface area contributed by atoms with Crippen LogP contribution in [0.3, 0.4) is 0 Å². The van der Waals surface area contributed by atoms with E-state index in [2.05, 4.69) is 21.0 Å². The van der Waals surface area contributed by atoms with Gasteiger partial charge in [0.1, 0.15) is 18.1 Å². The number of nitriles is 1. The summed E-state index contributed by atoms with van der Waals surface area (Å²) >= 11 is 0. The number of halogens is 3. The first-order valence-electron chi connectivity index (χ1n) is 9.10. The molecule has 0 aliphatic carbocycles. The maximum absolute atomic E-state index is 13.9. The summed E-state index contributed by atoms with van der Waals surface area (Å²) in [6.45, 7) is 2.67. The predicted octanol–water partition coefficient (Wildman–Crippen LogP) is 3.88. The zero-order valence-corrected chi connectivity index (χ0v) is 15.9. The fourth-order valence-corrected chi connectivity index (χ4v) is 3.13. The van der Waals surface area contributed by atoms with Crippen LogP contribution in [0, 0.1) is 34.2 Å². The van der Waals surface area contributed by atoms with Crippen LogP contribution in [-0.2, 0) is 6.61 Å². The molecule has 4 rings (SSSR count). The van der Waals surface area contributed by atoms with E-state index in [9.17, 15) is 18.4 Å². The van der Waals surface area contributed by atoms with Crippen molar-refractivity contribution in [3.8, 4) is 23.3 Å². The van der Waals surface area contributed by atoms with Crippen LogP contribution >= 0.6 is 0 Å². The van der Waals surface area contributed by atoms with Crippen molar-refractivity contribution in [1.29, 1.82) is 5.26 Å². The van der Waals surface area contributed by atoms with Gasteiger partial charge in [-0.1, -0.05) is 6.07 Å². The molecule has 30 heavy (non-hydrogen) atoms. The minimum atomic E-state index is -1.60. The fraction of sp³-hybridized carbons (Fsp3) is 0.238. The molecule has 1 aromatic carbocycles. The Morgan fingerprint density at radius 2 is 1.93 bits per heavy atom. The Bertz CT molecular complexity index is 1130. The third kappa shape index (κ3) is 3.76. The molecule has 3 heterocycles. The number of hydrogen-bond acceptors (Lipinski definition) is 6. The van der Waals surface area contributed by atoms with Crippen LogP contribution in [0.2, 0.25) is 0 Å².